The molecular weight excluding hydrogens is 390 g/mol. The number of carbonyl (C=O) groups is 1. The van der Waals surface area contributed by atoms with E-state index in [9.17, 15) is 9.59 Å². The number of amides is 1. The van der Waals surface area contributed by atoms with Crippen molar-refractivity contribution >= 4 is 39.2 Å². The molecule has 0 saturated heterocycles. The van der Waals surface area contributed by atoms with E-state index in [0.29, 0.717) is 28.5 Å². The van der Waals surface area contributed by atoms with Crippen LogP contribution in [0.2, 0.25) is 0 Å². The number of aromatic nitrogens is 2. The van der Waals surface area contributed by atoms with E-state index in [0.717, 1.165) is 13.0 Å². The quantitative estimate of drug-likeness (QED) is 0.365. The molecule has 0 saturated carbocycles. The molecule has 28 heavy (non-hydrogen) atoms. The smallest absolute Gasteiger partial charge is 0.263 e. The second kappa shape index (κ2) is 7.93. The number of thiophene rings is 1. The minimum absolute atomic E-state index is 0.0742. The molecule has 7 heteroatoms. The first-order valence-electron chi connectivity index (χ1n) is 9.19. The van der Waals surface area contributed by atoms with Crippen molar-refractivity contribution in [3.8, 4) is 0 Å². The first-order valence-corrected chi connectivity index (χ1v) is 11.0. The summed E-state index contributed by atoms with van der Waals surface area (Å²) in [6, 6.07) is 10.1. The summed E-state index contributed by atoms with van der Waals surface area (Å²) >= 11 is 2.78. The van der Waals surface area contributed by atoms with Crippen molar-refractivity contribution < 1.29 is 4.79 Å². The lowest BCUT2D eigenvalue weighted by atomic mass is 10.00. The number of hydrogen-bond acceptors (Lipinski definition) is 5. The molecular formula is C21H21N3O2S2. The lowest BCUT2D eigenvalue weighted by molar-refractivity contribution is -0.131. The number of rotatable bonds is 5. The van der Waals surface area contributed by atoms with Gasteiger partial charge in [0.25, 0.3) is 5.56 Å². The van der Waals surface area contributed by atoms with Gasteiger partial charge in [-0.3, -0.25) is 14.2 Å². The Morgan fingerprint density at radius 3 is 2.93 bits per heavy atom. The molecule has 1 amide bonds. The molecule has 1 aliphatic heterocycles. The van der Waals surface area contributed by atoms with Gasteiger partial charge in [0, 0.05) is 19.6 Å². The van der Waals surface area contributed by atoms with E-state index in [1.165, 1.54) is 34.2 Å². The number of hydrogen-bond donors (Lipinski definition) is 0. The van der Waals surface area contributed by atoms with Crippen LogP contribution in [0.25, 0.3) is 10.2 Å². The molecule has 0 fully saturated rings. The Morgan fingerprint density at radius 1 is 1.36 bits per heavy atom. The number of fused-ring (bicyclic) bond motifs is 2. The summed E-state index contributed by atoms with van der Waals surface area (Å²) in [7, 11) is 0. The zero-order valence-corrected chi connectivity index (χ0v) is 17.3. The molecule has 3 heterocycles. The van der Waals surface area contributed by atoms with Crippen LogP contribution in [-0.2, 0) is 24.3 Å². The van der Waals surface area contributed by atoms with Gasteiger partial charge in [0.05, 0.1) is 10.6 Å². The number of nitrogens with zero attached hydrogens (tertiary/aromatic N) is 3. The lowest BCUT2D eigenvalue weighted by Gasteiger charge is -2.30. The normalized spacial score (nSPS) is 14.7. The summed E-state index contributed by atoms with van der Waals surface area (Å²) in [6.45, 7) is 7.36. The van der Waals surface area contributed by atoms with Crippen LogP contribution in [0.1, 0.15) is 18.1 Å². The van der Waals surface area contributed by atoms with E-state index in [4.69, 9.17) is 0 Å². The third kappa shape index (κ3) is 3.52. The number of thioether (sulfide) groups is 1. The molecule has 0 spiro atoms. The van der Waals surface area contributed by atoms with Gasteiger partial charge in [-0.1, -0.05) is 42.1 Å². The average molecular weight is 412 g/mol. The average Bonchev–Trinajstić information content (AvgIpc) is 3.18. The van der Waals surface area contributed by atoms with Crippen molar-refractivity contribution in [2.45, 2.75) is 36.8 Å². The fraction of sp³-hybridized carbons (Fsp3) is 0.286. The van der Waals surface area contributed by atoms with Gasteiger partial charge in [-0.15, -0.1) is 17.9 Å². The van der Waals surface area contributed by atoms with Crippen molar-refractivity contribution in [2.24, 2.45) is 0 Å². The topological polar surface area (TPSA) is 55.2 Å². The standard InChI is InChI=1S/C21H21N3O2S2/c1-3-10-24-20(26)17-9-12-27-18(17)22-21(24)28-14(2)19(25)23-11-8-15-6-4-5-7-16(15)13-23/h3-7,9,12,14H,1,8,10-11,13H2,2H3/t14-/m1/s1. The van der Waals surface area contributed by atoms with Crippen molar-refractivity contribution in [3.63, 3.8) is 0 Å². The van der Waals surface area contributed by atoms with Crippen LogP contribution in [0.5, 0.6) is 0 Å². The summed E-state index contributed by atoms with van der Waals surface area (Å²) in [5, 5.41) is 2.72. The molecule has 4 rings (SSSR count). The highest BCUT2D eigenvalue weighted by molar-refractivity contribution is 8.00. The third-order valence-electron chi connectivity index (χ3n) is 4.93. The van der Waals surface area contributed by atoms with Gasteiger partial charge >= 0.3 is 0 Å². The van der Waals surface area contributed by atoms with Crippen molar-refractivity contribution in [2.75, 3.05) is 6.54 Å². The first kappa shape index (κ1) is 19.0. The molecule has 2 aromatic heterocycles. The maximum absolute atomic E-state index is 13.1. The van der Waals surface area contributed by atoms with Crippen molar-refractivity contribution in [1.82, 2.24) is 14.5 Å². The monoisotopic (exact) mass is 411 g/mol. The molecule has 0 radical (unpaired) electrons. The van der Waals surface area contributed by atoms with Gasteiger partial charge in [0.15, 0.2) is 5.16 Å². The molecule has 144 valence electrons. The van der Waals surface area contributed by atoms with Crippen LogP contribution in [0, 0.1) is 0 Å². The molecule has 1 atom stereocenters. The SMILES string of the molecule is C=CCn1c(S[C@H](C)C(=O)N2CCc3ccccc3C2)nc2sccc2c1=O. The fourth-order valence-electron chi connectivity index (χ4n) is 3.46. The lowest BCUT2D eigenvalue weighted by Crippen LogP contribution is -2.40. The van der Waals surface area contributed by atoms with Gasteiger partial charge in [-0.25, -0.2) is 4.98 Å². The second-order valence-electron chi connectivity index (χ2n) is 6.78. The number of carbonyl (C=O) groups excluding carboxylic acids is 1. The first-order chi connectivity index (χ1) is 13.6. The fourth-order valence-corrected chi connectivity index (χ4v) is 5.27. The Labute approximate surface area is 171 Å². The highest BCUT2D eigenvalue weighted by atomic mass is 32.2. The molecule has 1 aliphatic rings. The largest absolute Gasteiger partial charge is 0.337 e. The van der Waals surface area contributed by atoms with E-state index < -0.39 is 0 Å². The molecule has 0 aliphatic carbocycles. The van der Waals surface area contributed by atoms with Crippen molar-refractivity contribution in [1.29, 1.82) is 0 Å². The Morgan fingerprint density at radius 2 is 2.14 bits per heavy atom. The number of benzene rings is 1. The van der Waals surface area contributed by atoms with Crippen LogP contribution >= 0.6 is 23.1 Å². The van der Waals surface area contributed by atoms with Crippen LogP contribution in [-0.4, -0.2) is 32.2 Å². The minimum atomic E-state index is -0.328. The summed E-state index contributed by atoms with van der Waals surface area (Å²) in [5.41, 5.74) is 2.44. The van der Waals surface area contributed by atoms with Gasteiger partial charge < -0.3 is 4.90 Å². The van der Waals surface area contributed by atoms with Gasteiger partial charge in [-0.05, 0) is 35.9 Å². The van der Waals surface area contributed by atoms with Crippen LogP contribution in [0.3, 0.4) is 0 Å². The van der Waals surface area contributed by atoms with Gasteiger partial charge in [0.2, 0.25) is 5.91 Å². The minimum Gasteiger partial charge on any atom is -0.337 e. The Hall–Kier alpha value is -2.38. The van der Waals surface area contributed by atoms with Gasteiger partial charge in [-0.2, -0.15) is 0 Å². The molecule has 1 aromatic carbocycles. The molecule has 5 nitrogen and oxygen atoms in total. The van der Waals surface area contributed by atoms with Crippen molar-refractivity contribution in [3.05, 3.63) is 69.8 Å². The summed E-state index contributed by atoms with van der Waals surface area (Å²) in [4.78, 5) is 33.1. The maximum Gasteiger partial charge on any atom is 0.263 e. The van der Waals surface area contributed by atoms with E-state index in [-0.39, 0.29) is 16.7 Å². The Kier molecular flexibility index (Phi) is 5.37. The molecule has 0 bridgehead atoms. The third-order valence-corrected chi connectivity index (χ3v) is 6.82. The molecule has 0 N–H and O–H groups in total. The van der Waals surface area contributed by atoms with E-state index in [1.807, 2.05) is 29.3 Å². The number of allylic oxidation sites excluding steroid dienone is 1. The zero-order chi connectivity index (χ0) is 19.7. The predicted octanol–water partition coefficient (Wildman–Crippen LogP) is 3.71. The van der Waals surface area contributed by atoms with Crippen LogP contribution in [0.4, 0.5) is 0 Å². The molecule has 0 unspecified atom stereocenters. The van der Waals surface area contributed by atoms with E-state index >= 15 is 0 Å². The predicted molar refractivity (Wildman–Crippen MR) is 115 cm³/mol. The molecule has 3 aromatic rings. The highest BCUT2D eigenvalue weighted by Crippen LogP contribution is 2.27. The van der Waals surface area contributed by atoms with E-state index in [1.54, 1.807) is 16.7 Å². The van der Waals surface area contributed by atoms with Gasteiger partial charge in [0.1, 0.15) is 4.83 Å². The maximum atomic E-state index is 13.1. The highest BCUT2D eigenvalue weighted by Gasteiger charge is 2.26. The van der Waals surface area contributed by atoms with E-state index in [2.05, 4.69) is 23.7 Å². The van der Waals surface area contributed by atoms with Crippen LogP contribution < -0.4 is 5.56 Å². The van der Waals surface area contributed by atoms with Crippen LogP contribution in [0.15, 0.2) is 58.3 Å². The summed E-state index contributed by atoms with van der Waals surface area (Å²) in [6.07, 6.45) is 2.55. The second-order valence-corrected chi connectivity index (χ2v) is 8.98. The summed E-state index contributed by atoms with van der Waals surface area (Å²) < 4.78 is 1.60. The Bertz CT molecular complexity index is 1100. The zero-order valence-electron chi connectivity index (χ0n) is 15.6. The summed E-state index contributed by atoms with van der Waals surface area (Å²) in [5.74, 6) is 0.0742. The Balaban J connectivity index is 1.57.